The molecule has 108 valence electrons. The van der Waals surface area contributed by atoms with Gasteiger partial charge in [-0.2, -0.15) is 0 Å². The van der Waals surface area contributed by atoms with Crippen molar-refractivity contribution in [2.24, 2.45) is 0 Å². The fourth-order valence-corrected chi connectivity index (χ4v) is 3.33. The Hall–Kier alpha value is -0.990. The van der Waals surface area contributed by atoms with Gasteiger partial charge in [0, 0.05) is 16.7 Å². The molecule has 1 nitrogen and oxygen atoms in total. The molecule has 2 rings (SSSR count). The van der Waals surface area contributed by atoms with Crippen LogP contribution in [-0.4, -0.2) is 18.3 Å². The molecule has 0 aliphatic heterocycles. The van der Waals surface area contributed by atoms with Crippen LogP contribution in [0.5, 0.6) is 0 Å². The van der Waals surface area contributed by atoms with Crippen LogP contribution in [0.2, 0.25) is 0 Å². The topological polar surface area (TPSA) is 12.0 Å². The maximum absolute atomic E-state index is 3.56. The van der Waals surface area contributed by atoms with Crippen molar-refractivity contribution >= 4 is 22.5 Å². The molecule has 0 aromatic heterocycles. The van der Waals surface area contributed by atoms with Gasteiger partial charge >= 0.3 is 0 Å². The number of nitrogens with one attached hydrogen (secondary N) is 1. The molecule has 1 N–H and O–H groups in total. The molecule has 0 saturated heterocycles. The van der Waals surface area contributed by atoms with Gasteiger partial charge in [0.05, 0.1) is 0 Å². The Kier molecular flexibility index (Phi) is 6.41. The zero-order valence-corrected chi connectivity index (χ0v) is 13.4. The van der Waals surface area contributed by atoms with Gasteiger partial charge < -0.3 is 5.32 Å². The first kappa shape index (κ1) is 15.4. The highest BCUT2D eigenvalue weighted by molar-refractivity contribution is 8.00. The van der Waals surface area contributed by atoms with E-state index < -0.39 is 0 Å². The van der Waals surface area contributed by atoms with Gasteiger partial charge in [-0.05, 0) is 35.9 Å². The van der Waals surface area contributed by atoms with Crippen molar-refractivity contribution in [2.45, 2.75) is 43.3 Å². The van der Waals surface area contributed by atoms with Crippen molar-refractivity contribution in [3.8, 4) is 0 Å². The van der Waals surface area contributed by atoms with Crippen LogP contribution < -0.4 is 5.32 Å². The zero-order chi connectivity index (χ0) is 14.2. The fraction of sp³-hybridized carbons (Fsp3) is 0.444. The van der Waals surface area contributed by atoms with Crippen molar-refractivity contribution in [2.75, 3.05) is 13.1 Å². The minimum absolute atomic E-state index is 0.609. The highest BCUT2D eigenvalue weighted by Gasteiger charge is 2.04. The molecule has 0 heterocycles. The predicted molar refractivity (Wildman–Crippen MR) is 91.7 cm³/mol. The third-order valence-corrected chi connectivity index (χ3v) is 4.54. The van der Waals surface area contributed by atoms with E-state index in [1.165, 1.54) is 34.9 Å². The van der Waals surface area contributed by atoms with Crippen LogP contribution in [0.1, 0.15) is 33.1 Å². The number of hydrogen-bond donors (Lipinski definition) is 1. The van der Waals surface area contributed by atoms with Gasteiger partial charge in [-0.3, -0.25) is 0 Å². The fourth-order valence-electron chi connectivity index (χ4n) is 2.32. The van der Waals surface area contributed by atoms with E-state index in [-0.39, 0.29) is 0 Å². The molecule has 0 aliphatic carbocycles. The van der Waals surface area contributed by atoms with Crippen LogP contribution in [0.3, 0.4) is 0 Å². The summed E-state index contributed by atoms with van der Waals surface area (Å²) in [5.74, 6) is 0. The highest BCUT2D eigenvalue weighted by atomic mass is 32.2. The summed E-state index contributed by atoms with van der Waals surface area (Å²) < 4.78 is 0. The van der Waals surface area contributed by atoms with Crippen LogP contribution >= 0.6 is 11.8 Å². The van der Waals surface area contributed by atoms with Gasteiger partial charge in [0.1, 0.15) is 0 Å². The van der Waals surface area contributed by atoms with E-state index in [2.05, 4.69) is 61.6 Å². The minimum Gasteiger partial charge on any atom is -0.316 e. The second kappa shape index (κ2) is 8.33. The van der Waals surface area contributed by atoms with E-state index in [0.717, 1.165) is 13.1 Å². The molecule has 1 unspecified atom stereocenters. The number of thioether (sulfide) groups is 1. The van der Waals surface area contributed by atoms with Gasteiger partial charge in [-0.15, -0.1) is 11.8 Å². The maximum Gasteiger partial charge on any atom is 0.0191 e. The van der Waals surface area contributed by atoms with E-state index in [4.69, 9.17) is 0 Å². The predicted octanol–water partition coefficient (Wildman–Crippen LogP) is 5.10. The van der Waals surface area contributed by atoms with Crippen molar-refractivity contribution < 1.29 is 0 Å². The lowest BCUT2D eigenvalue weighted by atomic mass is 10.1. The molecule has 2 aromatic rings. The zero-order valence-electron chi connectivity index (χ0n) is 12.6. The summed E-state index contributed by atoms with van der Waals surface area (Å²) in [7, 11) is 0. The molecule has 20 heavy (non-hydrogen) atoms. The molecule has 0 spiro atoms. The second-order valence-corrected chi connectivity index (χ2v) is 6.86. The Bertz CT molecular complexity index is 524. The lowest BCUT2D eigenvalue weighted by molar-refractivity contribution is 0.616. The van der Waals surface area contributed by atoms with E-state index in [0.29, 0.717) is 5.25 Å². The lowest BCUT2D eigenvalue weighted by Crippen LogP contribution is -2.23. The first-order valence-corrected chi connectivity index (χ1v) is 8.53. The van der Waals surface area contributed by atoms with Crippen LogP contribution in [0.15, 0.2) is 47.4 Å². The quantitative estimate of drug-likeness (QED) is 0.535. The summed E-state index contributed by atoms with van der Waals surface area (Å²) in [6, 6.07) is 15.3. The average Bonchev–Trinajstić information content (AvgIpc) is 2.47. The molecule has 0 amide bonds. The SMILES string of the molecule is CCCCCNCC(C)Sc1ccc2ccccc2c1. The molecule has 0 bridgehead atoms. The number of fused-ring (bicyclic) bond motifs is 1. The monoisotopic (exact) mass is 287 g/mol. The molecule has 2 heteroatoms. The number of unbranched alkanes of at least 4 members (excludes halogenated alkanes) is 2. The smallest absolute Gasteiger partial charge is 0.0191 e. The summed E-state index contributed by atoms with van der Waals surface area (Å²) in [5.41, 5.74) is 0. The maximum atomic E-state index is 3.56. The van der Waals surface area contributed by atoms with Crippen LogP contribution in [0, 0.1) is 0 Å². The minimum atomic E-state index is 0.609. The van der Waals surface area contributed by atoms with Crippen molar-refractivity contribution in [1.29, 1.82) is 0 Å². The van der Waals surface area contributed by atoms with E-state index in [1.807, 2.05) is 11.8 Å². The molecule has 2 aromatic carbocycles. The number of hydrogen-bond acceptors (Lipinski definition) is 2. The van der Waals surface area contributed by atoms with Crippen LogP contribution in [0.25, 0.3) is 10.8 Å². The molecule has 0 radical (unpaired) electrons. The number of rotatable bonds is 8. The van der Waals surface area contributed by atoms with Gasteiger partial charge in [0.2, 0.25) is 0 Å². The molecular formula is C18H25NS. The average molecular weight is 287 g/mol. The Labute approximate surface area is 127 Å². The normalized spacial score (nSPS) is 12.7. The second-order valence-electron chi connectivity index (χ2n) is 5.35. The van der Waals surface area contributed by atoms with Gasteiger partial charge in [-0.1, -0.05) is 57.0 Å². The molecule has 1 atom stereocenters. The van der Waals surface area contributed by atoms with Gasteiger partial charge in [0.15, 0.2) is 0 Å². The van der Waals surface area contributed by atoms with E-state index in [9.17, 15) is 0 Å². The molecule has 0 fully saturated rings. The largest absolute Gasteiger partial charge is 0.316 e. The third-order valence-electron chi connectivity index (χ3n) is 3.45. The summed E-state index contributed by atoms with van der Waals surface area (Å²) in [6.07, 6.45) is 3.92. The number of benzene rings is 2. The van der Waals surface area contributed by atoms with Crippen LogP contribution in [0.4, 0.5) is 0 Å². The lowest BCUT2D eigenvalue weighted by Gasteiger charge is -2.13. The van der Waals surface area contributed by atoms with Crippen molar-refractivity contribution in [1.82, 2.24) is 5.32 Å². The molecule has 0 saturated carbocycles. The summed E-state index contributed by atoms with van der Waals surface area (Å²) in [6.45, 7) is 6.78. The van der Waals surface area contributed by atoms with Gasteiger partial charge in [-0.25, -0.2) is 0 Å². The summed E-state index contributed by atoms with van der Waals surface area (Å²) in [5, 5.41) is 6.82. The molecular weight excluding hydrogens is 262 g/mol. The standard InChI is InChI=1S/C18H25NS/c1-3-4-7-12-19-14-15(2)20-18-11-10-16-8-5-6-9-17(16)13-18/h5-6,8-11,13,15,19H,3-4,7,12,14H2,1-2H3. The Morgan fingerprint density at radius 2 is 1.85 bits per heavy atom. The van der Waals surface area contributed by atoms with E-state index in [1.54, 1.807) is 0 Å². The Balaban J connectivity index is 1.81. The summed E-state index contributed by atoms with van der Waals surface area (Å²) >= 11 is 1.96. The Morgan fingerprint density at radius 1 is 1.05 bits per heavy atom. The third kappa shape index (κ3) is 4.84. The van der Waals surface area contributed by atoms with Gasteiger partial charge in [0.25, 0.3) is 0 Å². The summed E-state index contributed by atoms with van der Waals surface area (Å²) in [4.78, 5) is 1.37. The molecule has 0 aliphatic rings. The Morgan fingerprint density at radius 3 is 2.65 bits per heavy atom. The first-order chi connectivity index (χ1) is 9.79. The van der Waals surface area contributed by atoms with Crippen LogP contribution in [-0.2, 0) is 0 Å². The first-order valence-electron chi connectivity index (χ1n) is 7.66. The van der Waals surface area contributed by atoms with E-state index >= 15 is 0 Å². The van der Waals surface area contributed by atoms with Crippen molar-refractivity contribution in [3.05, 3.63) is 42.5 Å². The van der Waals surface area contributed by atoms with Crippen molar-refractivity contribution in [3.63, 3.8) is 0 Å². The highest BCUT2D eigenvalue weighted by Crippen LogP contribution is 2.26.